The first-order valence-corrected chi connectivity index (χ1v) is 14.7. The molecule has 1 aliphatic heterocycles. The molecule has 12 heteroatoms. The van der Waals surface area contributed by atoms with Crippen molar-refractivity contribution in [3.05, 3.63) is 53.1 Å². The second kappa shape index (κ2) is 12.9. The van der Waals surface area contributed by atoms with Crippen LogP contribution in [0.3, 0.4) is 0 Å². The summed E-state index contributed by atoms with van der Waals surface area (Å²) >= 11 is 5.89. The lowest BCUT2D eigenvalue weighted by molar-refractivity contribution is -0.134. The molecule has 1 aliphatic rings. The normalized spacial score (nSPS) is 18.8. The number of aliphatic hydroxyl groups is 1. The molecule has 3 rings (SSSR count). The van der Waals surface area contributed by atoms with Crippen LogP contribution in [0.15, 0.2) is 47.4 Å². The quantitative estimate of drug-likeness (QED) is 0.439. The first kappa shape index (κ1) is 30.5. The number of halogens is 1. The highest BCUT2D eigenvalue weighted by Crippen LogP contribution is 2.30. The van der Waals surface area contributed by atoms with Gasteiger partial charge in [-0.05, 0) is 63.2 Å². The molecule has 39 heavy (non-hydrogen) atoms. The van der Waals surface area contributed by atoms with Crippen molar-refractivity contribution in [3.8, 4) is 5.75 Å². The number of benzene rings is 2. The Morgan fingerprint density at radius 1 is 1.21 bits per heavy atom. The third-order valence-corrected chi connectivity index (χ3v) is 8.15. The van der Waals surface area contributed by atoms with Crippen LogP contribution in [0.4, 0.5) is 10.5 Å². The zero-order valence-electron chi connectivity index (χ0n) is 22.8. The van der Waals surface area contributed by atoms with Crippen molar-refractivity contribution in [2.75, 3.05) is 31.5 Å². The van der Waals surface area contributed by atoms with Crippen molar-refractivity contribution in [3.63, 3.8) is 0 Å². The van der Waals surface area contributed by atoms with Crippen molar-refractivity contribution < 1.29 is 27.9 Å². The second-order valence-electron chi connectivity index (χ2n) is 10.3. The predicted octanol–water partition coefficient (Wildman–Crippen LogP) is 3.34. The van der Waals surface area contributed by atoms with Crippen LogP contribution >= 0.6 is 11.6 Å². The predicted molar refractivity (Wildman–Crippen MR) is 151 cm³/mol. The van der Waals surface area contributed by atoms with Crippen LogP contribution in [0.2, 0.25) is 5.02 Å². The van der Waals surface area contributed by atoms with Gasteiger partial charge < -0.3 is 25.0 Å². The maximum atomic E-state index is 13.4. The Bertz CT molecular complexity index is 1270. The standard InChI is InChI=1S/C27H37ClN4O6S/c1-17(2)29-27(35)31(5)15-25-18(3)14-32(19(4)16-33)26(34)13-20-12-22(8-11-24(20)38-25)30-39(36,37)23-9-6-21(28)7-10-23/h6-12,17-19,25,30,33H,13-16H2,1-5H3,(H,29,35)/t18-,19+,25+/m0/s1. The molecule has 10 nitrogen and oxygen atoms in total. The van der Waals surface area contributed by atoms with Gasteiger partial charge in [0.2, 0.25) is 5.91 Å². The third kappa shape index (κ3) is 8.00. The number of amides is 3. The van der Waals surface area contributed by atoms with Crippen LogP contribution in [-0.2, 0) is 21.2 Å². The van der Waals surface area contributed by atoms with Gasteiger partial charge in [-0.3, -0.25) is 9.52 Å². The van der Waals surface area contributed by atoms with Gasteiger partial charge in [-0.25, -0.2) is 13.2 Å². The van der Waals surface area contributed by atoms with E-state index in [2.05, 4.69) is 10.0 Å². The summed E-state index contributed by atoms with van der Waals surface area (Å²) in [5.41, 5.74) is 0.749. The van der Waals surface area contributed by atoms with Gasteiger partial charge in [-0.1, -0.05) is 18.5 Å². The topological polar surface area (TPSA) is 128 Å². The van der Waals surface area contributed by atoms with E-state index in [1.54, 1.807) is 37.1 Å². The first-order chi connectivity index (χ1) is 18.3. The van der Waals surface area contributed by atoms with Crippen LogP contribution in [0.5, 0.6) is 5.75 Å². The molecular weight excluding hydrogens is 544 g/mol. The van der Waals surface area contributed by atoms with Crippen molar-refractivity contribution in [2.24, 2.45) is 5.92 Å². The average molecular weight is 581 g/mol. The Morgan fingerprint density at radius 2 is 1.87 bits per heavy atom. The maximum Gasteiger partial charge on any atom is 0.317 e. The molecule has 0 aliphatic carbocycles. The molecule has 214 valence electrons. The van der Waals surface area contributed by atoms with E-state index in [-0.39, 0.29) is 54.1 Å². The second-order valence-corrected chi connectivity index (χ2v) is 12.4. The Hall–Kier alpha value is -3.02. The number of anilines is 1. The molecule has 0 aromatic heterocycles. The number of urea groups is 1. The molecule has 0 saturated heterocycles. The number of carbonyl (C=O) groups excluding carboxylic acids is 2. The van der Waals surface area contributed by atoms with Crippen molar-refractivity contribution in [2.45, 2.75) is 57.2 Å². The van der Waals surface area contributed by atoms with Gasteiger partial charge in [-0.2, -0.15) is 0 Å². The Balaban J connectivity index is 1.95. The Labute approximate surface area is 235 Å². The van der Waals surface area contributed by atoms with Gasteiger partial charge in [-0.15, -0.1) is 0 Å². The number of nitrogens with zero attached hydrogens (tertiary/aromatic N) is 2. The van der Waals surface area contributed by atoms with E-state index in [1.807, 2.05) is 20.8 Å². The number of rotatable bonds is 8. The summed E-state index contributed by atoms with van der Waals surface area (Å²) in [6.45, 7) is 7.79. The molecule has 0 unspecified atom stereocenters. The molecule has 0 bridgehead atoms. The maximum absolute atomic E-state index is 13.4. The molecule has 3 N–H and O–H groups in total. The molecule has 2 aromatic carbocycles. The van der Waals surface area contributed by atoms with E-state index in [9.17, 15) is 23.1 Å². The number of hydrogen-bond acceptors (Lipinski definition) is 6. The summed E-state index contributed by atoms with van der Waals surface area (Å²) in [7, 11) is -2.23. The minimum Gasteiger partial charge on any atom is -0.488 e. The van der Waals surface area contributed by atoms with Crippen molar-refractivity contribution in [1.82, 2.24) is 15.1 Å². The minimum absolute atomic E-state index is 0.0341. The summed E-state index contributed by atoms with van der Waals surface area (Å²) in [4.78, 5) is 29.1. The number of sulfonamides is 1. The largest absolute Gasteiger partial charge is 0.488 e. The number of hydrogen-bond donors (Lipinski definition) is 3. The van der Waals surface area contributed by atoms with E-state index >= 15 is 0 Å². The molecule has 3 amide bonds. The highest BCUT2D eigenvalue weighted by atomic mass is 35.5. The van der Waals surface area contributed by atoms with Gasteiger partial charge in [0.05, 0.1) is 30.5 Å². The highest BCUT2D eigenvalue weighted by Gasteiger charge is 2.32. The number of carbonyl (C=O) groups is 2. The molecule has 0 radical (unpaired) electrons. The molecule has 1 heterocycles. The molecule has 2 aromatic rings. The van der Waals surface area contributed by atoms with Crippen LogP contribution in [-0.4, -0.2) is 80.2 Å². The fourth-order valence-electron chi connectivity index (χ4n) is 4.25. The van der Waals surface area contributed by atoms with Gasteiger partial charge in [0.1, 0.15) is 11.9 Å². The number of likely N-dealkylation sites (N-methyl/N-ethyl adjacent to an activating group) is 1. The number of fused-ring (bicyclic) bond motifs is 1. The van der Waals surface area contributed by atoms with E-state index in [0.717, 1.165) is 0 Å². The summed E-state index contributed by atoms with van der Waals surface area (Å²) in [6, 6.07) is 9.84. The molecule has 0 fully saturated rings. The van der Waals surface area contributed by atoms with Gasteiger partial charge in [0.15, 0.2) is 0 Å². The molecule has 3 atom stereocenters. The Morgan fingerprint density at radius 3 is 2.49 bits per heavy atom. The fourth-order valence-corrected chi connectivity index (χ4v) is 5.42. The summed E-state index contributed by atoms with van der Waals surface area (Å²) in [6.07, 6.45) is -0.540. The molecule has 0 saturated carbocycles. The number of aliphatic hydroxyl groups excluding tert-OH is 1. The van der Waals surface area contributed by atoms with Crippen molar-refractivity contribution >= 4 is 39.2 Å². The summed E-state index contributed by atoms with van der Waals surface area (Å²) < 4.78 is 34.8. The molecule has 0 spiro atoms. The van der Waals surface area contributed by atoms with Gasteiger partial charge in [0.25, 0.3) is 10.0 Å². The SMILES string of the molecule is CC(C)NC(=O)N(C)C[C@H]1Oc2ccc(NS(=O)(=O)c3ccc(Cl)cc3)cc2CC(=O)N([C@H](C)CO)C[C@@H]1C. The zero-order chi connectivity index (χ0) is 28.9. The smallest absolute Gasteiger partial charge is 0.317 e. The van der Waals surface area contributed by atoms with Crippen molar-refractivity contribution in [1.29, 1.82) is 0 Å². The number of nitrogens with one attached hydrogen (secondary N) is 2. The van der Waals surface area contributed by atoms with Crippen LogP contribution in [0, 0.1) is 5.92 Å². The Kier molecular flexibility index (Phi) is 10.1. The van der Waals surface area contributed by atoms with Crippen LogP contribution in [0.25, 0.3) is 0 Å². The fraction of sp³-hybridized carbons (Fsp3) is 0.481. The van der Waals surface area contributed by atoms with Crippen LogP contribution in [0.1, 0.15) is 33.3 Å². The van der Waals surface area contributed by atoms with E-state index in [4.69, 9.17) is 16.3 Å². The van der Waals surface area contributed by atoms with E-state index < -0.39 is 22.2 Å². The summed E-state index contributed by atoms with van der Waals surface area (Å²) in [5.74, 6) is 0.00890. The first-order valence-electron chi connectivity index (χ1n) is 12.8. The van der Waals surface area contributed by atoms with E-state index in [0.29, 0.717) is 22.9 Å². The lowest BCUT2D eigenvalue weighted by atomic mass is 10.0. The highest BCUT2D eigenvalue weighted by molar-refractivity contribution is 7.92. The lowest BCUT2D eigenvalue weighted by Gasteiger charge is -2.34. The van der Waals surface area contributed by atoms with Gasteiger partial charge >= 0.3 is 6.03 Å². The number of ether oxygens (including phenoxy) is 1. The third-order valence-electron chi connectivity index (χ3n) is 6.51. The molecular formula is C27H37ClN4O6S. The zero-order valence-corrected chi connectivity index (χ0v) is 24.4. The van der Waals surface area contributed by atoms with E-state index in [1.165, 1.54) is 29.2 Å². The summed E-state index contributed by atoms with van der Waals surface area (Å²) in [5, 5.41) is 13.1. The lowest BCUT2D eigenvalue weighted by Crippen LogP contribution is -2.49. The van der Waals surface area contributed by atoms with Crippen LogP contribution < -0.4 is 14.8 Å². The minimum atomic E-state index is -3.91. The average Bonchev–Trinajstić information content (AvgIpc) is 2.91. The van der Waals surface area contributed by atoms with Gasteiger partial charge in [0, 0.05) is 41.8 Å². The monoisotopic (exact) mass is 580 g/mol.